The summed E-state index contributed by atoms with van der Waals surface area (Å²) in [5.74, 6) is 0. The van der Waals surface area contributed by atoms with Gasteiger partial charge in [0.15, 0.2) is 0 Å². The average Bonchev–Trinajstić information content (AvgIpc) is 3.27. The summed E-state index contributed by atoms with van der Waals surface area (Å²) in [6.45, 7) is 6.51. The minimum atomic E-state index is -4.64. The largest absolute Gasteiger partial charge is 0.474 e. The zero-order valence-electron chi connectivity index (χ0n) is 12.9. The summed E-state index contributed by atoms with van der Waals surface area (Å²) in [5, 5.41) is 2.79. The number of phosphoric acid groups is 1. The van der Waals surface area contributed by atoms with Gasteiger partial charge in [-0.15, -0.1) is 0 Å². The molecule has 1 heterocycles. The highest BCUT2D eigenvalue weighted by molar-refractivity contribution is 7.45. The summed E-state index contributed by atoms with van der Waals surface area (Å²) in [6.07, 6.45) is 4.59. The molecule has 2 unspecified atom stereocenters. The molecule has 0 radical (unpaired) electrons. The van der Waals surface area contributed by atoms with Gasteiger partial charge in [-0.2, -0.15) is 0 Å². The van der Waals surface area contributed by atoms with E-state index in [9.17, 15) is 0 Å². The Hall–Kier alpha value is -1.95. The van der Waals surface area contributed by atoms with Crippen LogP contribution in [0.1, 0.15) is 17.2 Å². The average molecular weight is 350 g/mol. The molecule has 1 fully saturated rings. The van der Waals surface area contributed by atoms with Crippen LogP contribution in [0, 0.1) is 0 Å². The summed E-state index contributed by atoms with van der Waals surface area (Å²) >= 11 is 0. The molecule has 0 aromatic heterocycles. The Bertz CT molecular complexity index is 762. The Kier molecular flexibility index (Phi) is 5.94. The molecule has 4 rings (SSSR count). The monoisotopic (exact) mass is 350 g/mol. The lowest BCUT2D eigenvalue weighted by Crippen LogP contribution is -2.03. The van der Waals surface area contributed by atoms with Crippen LogP contribution in [0.4, 0.5) is 0 Å². The van der Waals surface area contributed by atoms with E-state index < -0.39 is 7.82 Å². The highest BCUT2D eigenvalue weighted by Crippen LogP contribution is 2.48. The van der Waals surface area contributed by atoms with Crippen molar-refractivity contribution in [1.29, 1.82) is 0 Å². The molecule has 128 valence electrons. The van der Waals surface area contributed by atoms with Crippen molar-refractivity contribution < 1.29 is 28.7 Å². The molecule has 2 aromatic rings. The lowest BCUT2D eigenvalue weighted by atomic mass is 9.89. The predicted octanol–water partition coefficient (Wildman–Crippen LogP) is 3.20. The summed E-state index contributed by atoms with van der Waals surface area (Å²) < 4.78 is 18.9. The van der Waals surface area contributed by atoms with Gasteiger partial charge in [0.2, 0.25) is 0 Å². The minimum Gasteiger partial charge on any atom is -0.474 e. The summed E-state index contributed by atoms with van der Waals surface area (Å²) in [5.41, 5.74) is 2.85. The molecule has 2 aromatic carbocycles. The van der Waals surface area contributed by atoms with E-state index in [0.717, 1.165) is 6.42 Å². The third-order valence-corrected chi connectivity index (χ3v) is 3.53. The van der Waals surface area contributed by atoms with Crippen molar-refractivity contribution in [2.24, 2.45) is 0 Å². The van der Waals surface area contributed by atoms with E-state index in [1.807, 2.05) is 0 Å². The lowest BCUT2D eigenvalue weighted by Gasteiger charge is -2.13. The molecule has 0 spiro atoms. The highest BCUT2D eigenvalue weighted by atomic mass is 31.2. The van der Waals surface area contributed by atoms with Crippen molar-refractivity contribution in [3.05, 3.63) is 73.2 Å². The van der Waals surface area contributed by atoms with E-state index in [2.05, 4.69) is 54.3 Å². The van der Waals surface area contributed by atoms with Crippen molar-refractivity contribution in [2.45, 2.75) is 18.6 Å². The summed E-state index contributed by atoms with van der Waals surface area (Å²) in [4.78, 5) is 21.6. The SMILES string of the molecule is C=COC=C.O=P(O)(O)O.c1cc2c3c(cccc3c1)C1OC1C2. The van der Waals surface area contributed by atoms with Crippen LogP contribution in [0.3, 0.4) is 0 Å². The van der Waals surface area contributed by atoms with Crippen molar-refractivity contribution in [2.75, 3.05) is 0 Å². The van der Waals surface area contributed by atoms with Crippen LogP contribution in [0.2, 0.25) is 0 Å². The van der Waals surface area contributed by atoms with Crippen molar-refractivity contribution in [3.8, 4) is 0 Å². The van der Waals surface area contributed by atoms with Crippen LogP contribution in [0.25, 0.3) is 10.8 Å². The molecular weight excluding hydrogens is 331 g/mol. The number of benzene rings is 2. The second kappa shape index (κ2) is 7.75. The number of ether oxygens (including phenoxy) is 2. The van der Waals surface area contributed by atoms with Gasteiger partial charge in [0.1, 0.15) is 6.10 Å². The smallest absolute Gasteiger partial charge is 0.466 e. The van der Waals surface area contributed by atoms with Crippen molar-refractivity contribution in [3.63, 3.8) is 0 Å². The molecule has 24 heavy (non-hydrogen) atoms. The van der Waals surface area contributed by atoms with E-state index in [4.69, 9.17) is 24.0 Å². The number of epoxide rings is 1. The van der Waals surface area contributed by atoms with Gasteiger partial charge in [-0.1, -0.05) is 49.6 Å². The van der Waals surface area contributed by atoms with Gasteiger partial charge in [0, 0.05) is 6.42 Å². The lowest BCUT2D eigenvalue weighted by molar-refractivity contribution is 0.275. The van der Waals surface area contributed by atoms with Crippen LogP contribution in [0.15, 0.2) is 62.1 Å². The molecule has 7 heteroatoms. The number of hydrogen-bond acceptors (Lipinski definition) is 3. The van der Waals surface area contributed by atoms with Crippen LogP contribution in [-0.4, -0.2) is 20.8 Å². The molecule has 2 atom stereocenters. The maximum atomic E-state index is 8.88. The van der Waals surface area contributed by atoms with Gasteiger partial charge in [-0.05, 0) is 21.9 Å². The molecule has 1 saturated heterocycles. The Balaban J connectivity index is 0.000000177. The van der Waals surface area contributed by atoms with Crippen molar-refractivity contribution in [1.82, 2.24) is 0 Å². The first-order valence-electron chi connectivity index (χ1n) is 7.16. The number of rotatable bonds is 2. The fourth-order valence-corrected chi connectivity index (χ4v) is 2.71. The normalized spacial score (nSPS) is 19.6. The summed E-state index contributed by atoms with van der Waals surface area (Å²) in [6, 6.07) is 13.1. The maximum absolute atomic E-state index is 8.88. The molecule has 6 nitrogen and oxygen atoms in total. The molecule has 1 aliphatic heterocycles. The van der Waals surface area contributed by atoms with E-state index in [0.29, 0.717) is 12.2 Å². The molecule has 2 aliphatic rings. The summed E-state index contributed by atoms with van der Waals surface area (Å²) in [7, 11) is -4.64. The molecule has 0 saturated carbocycles. The number of hydrogen-bond donors (Lipinski definition) is 3. The standard InChI is InChI=1S/C13H10O.C4H6O.H3O4P/c1-3-8-4-2-6-10-12(8)9(5-1)7-11-13(10)14-11;1-3-5-4-2;1-5(2,3)4/h1-6,11,13H,7H2;3-4H,1-2H2;(H3,1,2,3,4). The molecule has 1 aliphatic carbocycles. The van der Waals surface area contributed by atoms with Gasteiger partial charge < -0.3 is 24.2 Å². The molecule has 0 bridgehead atoms. The van der Waals surface area contributed by atoms with E-state index in [-0.39, 0.29) is 0 Å². The fraction of sp³-hybridized carbons (Fsp3) is 0.176. The third kappa shape index (κ3) is 5.03. The van der Waals surface area contributed by atoms with E-state index >= 15 is 0 Å². The first-order chi connectivity index (χ1) is 11.3. The predicted molar refractivity (Wildman–Crippen MR) is 91.0 cm³/mol. The van der Waals surface area contributed by atoms with Crippen LogP contribution in [-0.2, 0) is 20.5 Å². The van der Waals surface area contributed by atoms with Gasteiger partial charge in [0.25, 0.3) is 0 Å². The van der Waals surface area contributed by atoms with Gasteiger partial charge >= 0.3 is 7.82 Å². The van der Waals surface area contributed by atoms with Crippen LogP contribution < -0.4 is 0 Å². The Labute approximate surface area is 139 Å². The zero-order chi connectivity index (χ0) is 17.7. The Morgan fingerprint density at radius 2 is 1.71 bits per heavy atom. The maximum Gasteiger partial charge on any atom is 0.466 e. The van der Waals surface area contributed by atoms with Crippen molar-refractivity contribution >= 4 is 18.6 Å². The second-order valence-electron chi connectivity index (χ2n) is 5.14. The van der Waals surface area contributed by atoms with Gasteiger partial charge in [0.05, 0.1) is 18.6 Å². The van der Waals surface area contributed by atoms with Crippen LogP contribution in [0.5, 0.6) is 0 Å². The Morgan fingerprint density at radius 3 is 2.25 bits per heavy atom. The zero-order valence-corrected chi connectivity index (χ0v) is 13.8. The first kappa shape index (κ1) is 18.4. The third-order valence-electron chi connectivity index (χ3n) is 3.53. The van der Waals surface area contributed by atoms with Crippen LogP contribution >= 0.6 is 7.82 Å². The van der Waals surface area contributed by atoms with Gasteiger partial charge in [-0.25, -0.2) is 4.57 Å². The fourth-order valence-electron chi connectivity index (χ4n) is 2.71. The van der Waals surface area contributed by atoms with Gasteiger partial charge in [-0.3, -0.25) is 0 Å². The molecular formula is C17H19O6P. The first-order valence-corrected chi connectivity index (χ1v) is 8.73. The van der Waals surface area contributed by atoms with E-state index in [1.54, 1.807) is 0 Å². The van der Waals surface area contributed by atoms with E-state index in [1.165, 1.54) is 34.4 Å². The minimum absolute atomic E-state index is 0.397. The topological polar surface area (TPSA) is 99.5 Å². The quantitative estimate of drug-likeness (QED) is 0.437. The highest BCUT2D eigenvalue weighted by Gasteiger charge is 2.44. The number of fused-ring (bicyclic) bond motifs is 2. The Morgan fingerprint density at radius 1 is 1.12 bits per heavy atom. The molecule has 0 amide bonds. The molecule has 3 N–H and O–H groups in total. The second-order valence-corrected chi connectivity index (χ2v) is 6.17.